The molecule has 1 aromatic heterocycles. The van der Waals surface area contributed by atoms with Gasteiger partial charge < -0.3 is 31.3 Å². The van der Waals surface area contributed by atoms with Crippen LogP contribution in [0.15, 0.2) is 59.1 Å². The van der Waals surface area contributed by atoms with E-state index in [-0.39, 0.29) is 16.5 Å². The third-order valence-electron chi connectivity index (χ3n) is 6.38. The highest BCUT2D eigenvalue weighted by Crippen LogP contribution is 2.46. The van der Waals surface area contributed by atoms with Gasteiger partial charge in [0.15, 0.2) is 17.2 Å². The maximum absolute atomic E-state index is 13.2. The highest BCUT2D eigenvalue weighted by atomic mass is 79.9. The molecule has 1 aliphatic heterocycles. The minimum Gasteiger partial charge on any atom is -0.479 e. The van der Waals surface area contributed by atoms with E-state index >= 15 is 0 Å². The zero-order chi connectivity index (χ0) is 26.6. The number of primary amides is 1. The Balaban J connectivity index is 1.77. The first-order valence-corrected chi connectivity index (χ1v) is 13.2. The second-order valence-corrected chi connectivity index (χ2v) is 10.5. The molecule has 9 nitrogen and oxygen atoms in total. The molecule has 11 heteroatoms. The van der Waals surface area contributed by atoms with Gasteiger partial charge >= 0.3 is 11.9 Å². The van der Waals surface area contributed by atoms with E-state index in [2.05, 4.69) is 26.6 Å². The van der Waals surface area contributed by atoms with Gasteiger partial charge in [0.2, 0.25) is 5.91 Å². The number of amides is 1. The number of rotatable bonds is 10. The number of benzene rings is 2. The number of nitrogens with two attached hydrogens (primary N) is 1. The zero-order valence-electron chi connectivity index (χ0n) is 19.7. The summed E-state index contributed by atoms with van der Waals surface area (Å²) in [5.41, 5.74) is 7.02. The number of halogens is 1. The summed E-state index contributed by atoms with van der Waals surface area (Å²) in [6.07, 6.45) is 1.51. The number of piperidine rings is 1. The molecular weight excluding hydrogens is 562 g/mol. The molecule has 1 aliphatic rings. The van der Waals surface area contributed by atoms with E-state index in [1.807, 2.05) is 42.5 Å². The second kappa shape index (κ2) is 11.3. The van der Waals surface area contributed by atoms with Crippen LogP contribution in [0, 0.1) is 5.92 Å². The van der Waals surface area contributed by atoms with Gasteiger partial charge in [-0.15, -0.1) is 11.3 Å². The Morgan fingerprint density at radius 1 is 1.11 bits per heavy atom. The van der Waals surface area contributed by atoms with E-state index in [0.29, 0.717) is 20.6 Å². The molecule has 0 spiro atoms. The second-order valence-electron chi connectivity index (χ2n) is 8.66. The summed E-state index contributed by atoms with van der Waals surface area (Å²) in [5, 5.41) is 25.4. The van der Waals surface area contributed by atoms with Crippen LogP contribution in [0.5, 0.6) is 5.75 Å². The van der Waals surface area contributed by atoms with Gasteiger partial charge in [-0.25, -0.2) is 9.59 Å². The number of carboxylic acid groups (broad SMARTS) is 2. The predicted octanol–water partition coefficient (Wildman–Crippen LogP) is 4.13. The topological polar surface area (TPSA) is 151 Å². The molecule has 194 valence electrons. The maximum Gasteiger partial charge on any atom is 0.349 e. The van der Waals surface area contributed by atoms with E-state index in [1.165, 1.54) is 0 Å². The summed E-state index contributed by atoms with van der Waals surface area (Å²) in [7, 11) is 0. The fourth-order valence-electron chi connectivity index (χ4n) is 4.72. The fraction of sp³-hybridized carbons (Fsp3) is 0.269. The van der Waals surface area contributed by atoms with E-state index in [1.54, 1.807) is 12.1 Å². The summed E-state index contributed by atoms with van der Waals surface area (Å²) in [6.45, 7) is 0.867. The number of carbonyl (C=O) groups is 3. The fourth-order valence-corrected chi connectivity index (χ4v) is 6.61. The summed E-state index contributed by atoms with van der Waals surface area (Å²) < 4.78 is 5.62. The van der Waals surface area contributed by atoms with Crippen LogP contribution >= 0.6 is 27.3 Å². The quantitative estimate of drug-likeness (QED) is 0.237. The molecule has 4 rings (SSSR count). The Labute approximate surface area is 225 Å². The summed E-state index contributed by atoms with van der Waals surface area (Å²) in [6, 6.07) is 16.7. The average Bonchev–Trinajstić information content (AvgIpc) is 3.23. The van der Waals surface area contributed by atoms with Crippen molar-refractivity contribution >= 4 is 50.8 Å². The highest BCUT2D eigenvalue weighted by molar-refractivity contribution is 9.10. The molecular formula is C26H26BrN3O6S. The molecule has 0 radical (unpaired) electrons. The van der Waals surface area contributed by atoms with Crippen LogP contribution < -0.4 is 21.1 Å². The van der Waals surface area contributed by atoms with Crippen LogP contribution in [-0.4, -0.2) is 47.8 Å². The Morgan fingerprint density at radius 2 is 1.81 bits per heavy atom. The maximum atomic E-state index is 13.2. The highest BCUT2D eigenvalue weighted by Gasteiger charge is 2.46. The third-order valence-corrected chi connectivity index (χ3v) is 8.61. The lowest BCUT2D eigenvalue weighted by molar-refractivity contribution is -0.139. The number of ether oxygens (including phenoxy) is 1. The molecule has 2 heterocycles. The van der Waals surface area contributed by atoms with Gasteiger partial charge in [0.25, 0.3) is 0 Å². The Bertz CT molecular complexity index is 1310. The van der Waals surface area contributed by atoms with Crippen LogP contribution in [0.1, 0.15) is 28.1 Å². The predicted molar refractivity (Wildman–Crippen MR) is 144 cm³/mol. The number of anilines is 1. The first-order valence-electron chi connectivity index (χ1n) is 11.6. The monoisotopic (exact) mass is 587 g/mol. The molecule has 0 bridgehead atoms. The summed E-state index contributed by atoms with van der Waals surface area (Å²) in [5.74, 6) is -3.02. The normalized spacial score (nSPS) is 15.5. The van der Waals surface area contributed by atoms with Gasteiger partial charge in [-0.3, -0.25) is 4.79 Å². The van der Waals surface area contributed by atoms with Crippen molar-refractivity contribution in [2.45, 2.75) is 18.4 Å². The van der Waals surface area contributed by atoms with Crippen molar-refractivity contribution in [2.24, 2.45) is 11.7 Å². The molecule has 1 saturated heterocycles. The first kappa shape index (κ1) is 26.6. The van der Waals surface area contributed by atoms with Gasteiger partial charge in [0, 0.05) is 5.69 Å². The molecule has 2 aromatic carbocycles. The number of hydrogen-bond acceptors (Lipinski definition) is 7. The van der Waals surface area contributed by atoms with Gasteiger partial charge in [0.05, 0.1) is 9.35 Å². The van der Waals surface area contributed by atoms with Gasteiger partial charge in [-0.1, -0.05) is 42.5 Å². The zero-order valence-corrected chi connectivity index (χ0v) is 22.1. The molecule has 1 amide bonds. The Kier molecular flexibility index (Phi) is 8.16. The smallest absolute Gasteiger partial charge is 0.349 e. The molecule has 1 fully saturated rings. The van der Waals surface area contributed by atoms with Crippen LogP contribution in [0.3, 0.4) is 0 Å². The number of carboxylic acids is 2. The van der Waals surface area contributed by atoms with Crippen LogP contribution in [0.2, 0.25) is 0 Å². The summed E-state index contributed by atoms with van der Waals surface area (Å²) in [4.78, 5) is 36.4. The van der Waals surface area contributed by atoms with Gasteiger partial charge in [-0.05, 0) is 71.0 Å². The van der Waals surface area contributed by atoms with Crippen molar-refractivity contribution in [1.82, 2.24) is 5.32 Å². The number of thiophene rings is 1. The van der Waals surface area contributed by atoms with Crippen LogP contribution in [-0.2, 0) is 15.1 Å². The number of hydrogen-bond donors (Lipinski definition) is 5. The first-order chi connectivity index (χ1) is 17.7. The van der Waals surface area contributed by atoms with Crippen LogP contribution in [0.25, 0.3) is 10.4 Å². The van der Waals surface area contributed by atoms with Crippen molar-refractivity contribution < 1.29 is 29.3 Å². The van der Waals surface area contributed by atoms with E-state index in [4.69, 9.17) is 15.6 Å². The summed E-state index contributed by atoms with van der Waals surface area (Å²) >= 11 is 4.36. The minimum atomic E-state index is -1.23. The van der Waals surface area contributed by atoms with Crippen molar-refractivity contribution in [2.75, 3.05) is 25.0 Å². The average molecular weight is 588 g/mol. The van der Waals surface area contributed by atoms with E-state index in [9.17, 15) is 19.5 Å². The lowest BCUT2D eigenvalue weighted by atomic mass is 9.72. The lowest BCUT2D eigenvalue weighted by Gasteiger charge is -2.42. The SMILES string of the molecule is NC(=O)C(Nc1cccc(-c2sc(C(=O)O)c(OCC(=O)O)c2Br)c1)(c1ccccc1)C1CCNCC1. The molecule has 37 heavy (non-hydrogen) atoms. The number of aliphatic carboxylic acids is 1. The van der Waals surface area contributed by atoms with Gasteiger partial charge in [0.1, 0.15) is 5.54 Å². The lowest BCUT2D eigenvalue weighted by Crippen LogP contribution is -2.55. The molecule has 1 atom stereocenters. The van der Waals surface area contributed by atoms with Crippen molar-refractivity contribution in [3.05, 3.63) is 69.5 Å². The molecule has 1 unspecified atom stereocenters. The molecule has 3 aromatic rings. The molecule has 0 aliphatic carbocycles. The minimum absolute atomic E-state index is 0.0428. The van der Waals surface area contributed by atoms with Crippen LogP contribution in [0.4, 0.5) is 5.69 Å². The van der Waals surface area contributed by atoms with Gasteiger partial charge in [-0.2, -0.15) is 0 Å². The Morgan fingerprint density at radius 3 is 2.43 bits per heavy atom. The molecule has 6 N–H and O–H groups in total. The Hall–Kier alpha value is -3.41. The van der Waals surface area contributed by atoms with E-state index < -0.39 is 30.0 Å². The largest absolute Gasteiger partial charge is 0.479 e. The van der Waals surface area contributed by atoms with Crippen molar-refractivity contribution in [3.8, 4) is 16.2 Å². The van der Waals surface area contributed by atoms with Crippen molar-refractivity contribution in [1.29, 1.82) is 0 Å². The standard InChI is InChI=1S/C26H26BrN3O6S/c27-20-21(36-14-19(31)32)23(24(33)34)37-22(20)15-5-4-8-18(13-15)30-26(25(28)35,16-6-2-1-3-7-16)17-9-11-29-12-10-17/h1-8,13,17,29-30H,9-12,14H2,(H2,28,35)(H,31,32)(H,33,34). The third kappa shape index (κ3) is 5.48. The number of nitrogens with one attached hydrogen (secondary N) is 2. The molecule has 0 saturated carbocycles. The van der Waals surface area contributed by atoms with E-state index in [0.717, 1.165) is 42.8 Å². The van der Waals surface area contributed by atoms with Crippen molar-refractivity contribution in [3.63, 3.8) is 0 Å². The number of aromatic carboxylic acids is 1. The number of carbonyl (C=O) groups excluding carboxylic acids is 1.